The highest BCUT2D eigenvalue weighted by Crippen LogP contribution is 2.17. The maximum Gasteiger partial charge on any atom is 0.279 e. The summed E-state index contributed by atoms with van der Waals surface area (Å²) in [6, 6.07) is 15.8. The van der Waals surface area contributed by atoms with E-state index in [1.807, 2.05) is 55.9 Å². The second-order valence-electron chi connectivity index (χ2n) is 6.76. The Morgan fingerprint density at radius 3 is 2.44 bits per heavy atom. The largest absolute Gasteiger partial charge is 0.326 e. The molecule has 0 saturated carbocycles. The molecular weight excluding hydrogens is 343 g/mol. The quantitative estimate of drug-likeness (QED) is 0.702. The summed E-state index contributed by atoms with van der Waals surface area (Å²) in [7, 11) is 1.98. The Bertz CT molecular complexity index is 919. The molecule has 1 amide bonds. The van der Waals surface area contributed by atoms with Crippen molar-refractivity contribution < 1.29 is 14.1 Å². The van der Waals surface area contributed by atoms with Gasteiger partial charge in [-0.15, -0.1) is 0 Å². The number of anilines is 1. The molecule has 0 spiro atoms. The minimum Gasteiger partial charge on any atom is -0.326 e. The van der Waals surface area contributed by atoms with Gasteiger partial charge in [0.25, 0.3) is 5.91 Å². The molecule has 0 aliphatic carbocycles. The van der Waals surface area contributed by atoms with Gasteiger partial charge in [-0.2, -0.15) is 5.10 Å². The first-order valence-electron chi connectivity index (χ1n) is 8.91. The maximum atomic E-state index is 13.0. The molecule has 2 aromatic carbocycles. The second-order valence-corrected chi connectivity index (χ2v) is 6.76. The summed E-state index contributed by atoms with van der Waals surface area (Å²) in [5.74, 6) is -0.429. The Hall–Kier alpha value is -2.99. The molecule has 0 bridgehead atoms. The van der Waals surface area contributed by atoms with E-state index < -0.39 is 0 Å². The van der Waals surface area contributed by atoms with Crippen molar-refractivity contribution in [3.8, 4) is 5.69 Å². The normalized spacial score (nSPS) is 12.0. The topological polar surface area (TPSA) is 51.4 Å². The van der Waals surface area contributed by atoms with Gasteiger partial charge >= 0.3 is 0 Å². The van der Waals surface area contributed by atoms with Gasteiger partial charge in [-0.1, -0.05) is 18.2 Å². The van der Waals surface area contributed by atoms with Crippen molar-refractivity contribution in [3.05, 3.63) is 77.4 Å². The molecule has 0 radical (unpaired) electrons. The summed E-state index contributed by atoms with van der Waals surface area (Å²) < 4.78 is 14.9. The summed E-state index contributed by atoms with van der Waals surface area (Å²) in [4.78, 5) is 13.3. The van der Waals surface area contributed by atoms with Crippen LogP contribution in [0.3, 0.4) is 0 Å². The first kappa shape index (κ1) is 18.8. The number of para-hydroxylation sites is 1. The molecule has 0 aliphatic heterocycles. The fourth-order valence-corrected chi connectivity index (χ4v) is 3.13. The van der Waals surface area contributed by atoms with E-state index in [9.17, 15) is 9.18 Å². The third kappa shape index (κ3) is 4.60. The van der Waals surface area contributed by atoms with E-state index in [1.54, 1.807) is 12.1 Å². The Labute approximate surface area is 158 Å². The molecule has 3 aromatic rings. The third-order valence-electron chi connectivity index (χ3n) is 4.51. The van der Waals surface area contributed by atoms with E-state index in [2.05, 4.69) is 10.4 Å². The van der Waals surface area contributed by atoms with Crippen molar-refractivity contribution in [2.75, 3.05) is 18.9 Å². The highest BCUT2D eigenvalue weighted by Gasteiger charge is 2.18. The maximum absolute atomic E-state index is 13.0. The average molecular weight is 367 g/mol. The van der Waals surface area contributed by atoms with Crippen LogP contribution < -0.4 is 10.2 Å². The van der Waals surface area contributed by atoms with Crippen LogP contribution in [0.15, 0.2) is 54.6 Å². The van der Waals surface area contributed by atoms with E-state index in [-0.39, 0.29) is 11.7 Å². The number of quaternary nitrogens is 1. The number of benzene rings is 2. The smallest absolute Gasteiger partial charge is 0.279 e. The molecule has 1 unspecified atom stereocenters. The van der Waals surface area contributed by atoms with Gasteiger partial charge in [-0.25, -0.2) is 9.07 Å². The number of rotatable bonds is 6. The van der Waals surface area contributed by atoms with Crippen LogP contribution >= 0.6 is 0 Å². The van der Waals surface area contributed by atoms with Crippen LogP contribution in [-0.4, -0.2) is 29.3 Å². The number of halogens is 1. The molecule has 3 rings (SSSR count). The molecule has 2 N–H and O–H groups in total. The van der Waals surface area contributed by atoms with Crippen molar-refractivity contribution in [2.24, 2.45) is 0 Å². The lowest BCUT2D eigenvalue weighted by molar-refractivity contribution is -0.885. The third-order valence-corrected chi connectivity index (χ3v) is 4.51. The van der Waals surface area contributed by atoms with Crippen LogP contribution in [-0.2, 0) is 11.3 Å². The summed E-state index contributed by atoms with van der Waals surface area (Å²) >= 11 is 0. The first-order chi connectivity index (χ1) is 12.9. The van der Waals surface area contributed by atoms with Crippen molar-refractivity contribution in [1.29, 1.82) is 0 Å². The van der Waals surface area contributed by atoms with E-state index in [0.717, 1.165) is 27.5 Å². The van der Waals surface area contributed by atoms with E-state index >= 15 is 0 Å². The Morgan fingerprint density at radius 1 is 1.11 bits per heavy atom. The van der Waals surface area contributed by atoms with Crippen molar-refractivity contribution >= 4 is 11.6 Å². The molecule has 1 heterocycles. The van der Waals surface area contributed by atoms with E-state index in [4.69, 9.17) is 0 Å². The van der Waals surface area contributed by atoms with Gasteiger partial charge in [-0.05, 0) is 50.2 Å². The number of aromatic nitrogens is 2. The van der Waals surface area contributed by atoms with Gasteiger partial charge in [0, 0.05) is 5.69 Å². The Morgan fingerprint density at radius 2 is 1.78 bits per heavy atom. The number of amides is 1. The predicted molar refractivity (Wildman–Crippen MR) is 104 cm³/mol. The van der Waals surface area contributed by atoms with Crippen LogP contribution in [0.1, 0.15) is 17.0 Å². The van der Waals surface area contributed by atoms with Crippen molar-refractivity contribution in [3.63, 3.8) is 0 Å². The fourth-order valence-electron chi connectivity index (χ4n) is 3.13. The minimum absolute atomic E-state index is 0.107. The fraction of sp³-hybridized carbons (Fsp3) is 0.238. The molecule has 1 aromatic heterocycles. The summed E-state index contributed by atoms with van der Waals surface area (Å²) in [5.41, 5.74) is 4.81. The first-order valence-corrected chi connectivity index (χ1v) is 8.91. The van der Waals surface area contributed by atoms with Crippen LogP contribution in [0, 0.1) is 19.7 Å². The number of hydrogen-bond donors (Lipinski definition) is 2. The number of aryl methyl sites for hydroxylation is 1. The number of carbonyl (C=O) groups excluding carboxylic acids is 1. The van der Waals surface area contributed by atoms with Gasteiger partial charge < -0.3 is 10.2 Å². The molecular formula is C21H24FN4O+. The highest BCUT2D eigenvalue weighted by molar-refractivity contribution is 5.91. The zero-order valence-corrected chi connectivity index (χ0v) is 15.8. The predicted octanol–water partition coefficient (Wildman–Crippen LogP) is 2.28. The molecule has 27 heavy (non-hydrogen) atoms. The van der Waals surface area contributed by atoms with E-state index in [1.165, 1.54) is 12.1 Å². The van der Waals surface area contributed by atoms with Gasteiger partial charge in [0.1, 0.15) is 12.4 Å². The lowest BCUT2D eigenvalue weighted by Gasteiger charge is -2.14. The Balaban J connectivity index is 1.65. The standard InChI is InChI=1S/C21H23FN4O/c1-15-20(16(2)26(24-15)19-7-5-4-6-8-19)13-25(3)14-21(27)23-18-11-9-17(22)10-12-18/h4-12H,13-14H2,1-3H3,(H,23,27)/p+1. The van der Waals surface area contributed by atoms with Crippen LogP contribution in [0.4, 0.5) is 10.1 Å². The molecule has 5 nitrogen and oxygen atoms in total. The molecule has 6 heteroatoms. The number of carbonyl (C=O) groups is 1. The van der Waals surface area contributed by atoms with E-state index in [0.29, 0.717) is 18.8 Å². The van der Waals surface area contributed by atoms with Gasteiger partial charge in [0.05, 0.1) is 29.7 Å². The molecule has 0 saturated heterocycles. The Kier molecular flexibility index (Phi) is 5.66. The number of nitrogens with one attached hydrogen (secondary N) is 2. The van der Waals surface area contributed by atoms with Gasteiger partial charge in [0.2, 0.25) is 0 Å². The molecule has 1 atom stereocenters. The molecule has 140 valence electrons. The molecule has 0 aliphatic rings. The van der Waals surface area contributed by atoms with Crippen molar-refractivity contribution in [2.45, 2.75) is 20.4 Å². The lowest BCUT2D eigenvalue weighted by atomic mass is 10.2. The van der Waals surface area contributed by atoms with Crippen LogP contribution in [0.2, 0.25) is 0 Å². The number of hydrogen-bond acceptors (Lipinski definition) is 2. The van der Waals surface area contributed by atoms with Crippen molar-refractivity contribution in [1.82, 2.24) is 9.78 Å². The minimum atomic E-state index is -0.322. The highest BCUT2D eigenvalue weighted by atomic mass is 19.1. The zero-order valence-electron chi connectivity index (χ0n) is 15.8. The monoisotopic (exact) mass is 367 g/mol. The van der Waals surface area contributed by atoms with Crippen LogP contribution in [0.25, 0.3) is 5.69 Å². The molecule has 0 fully saturated rings. The summed E-state index contributed by atoms with van der Waals surface area (Å²) in [5, 5.41) is 7.45. The second kappa shape index (κ2) is 8.14. The summed E-state index contributed by atoms with van der Waals surface area (Å²) in [6.07, 6.45) is 0. The van der Waals surface area contributed by atoms with Gasteiger partial charge in [0.15, 0.2) is 6.54 Å². The number of likely N-dealkylation sites (N-methyl/N-ethyl adjacent to an activating group) is 1. The van der Waals surface area contributed by atoms with Crippen LogP contribution in [0.5, 0.6) is 0 Å². The average Bonchev–Trinajstić information content (AvgIpc) is 2.92. The SMILES string of the molecule is Cc1nn(-c2ccccc2)c(C)c1C[NH+](C)CC(=O)Nc1ccc(F)cc1. The summed E-state index contributed by atoms with van der Waals surface area (Å²) in [6.45, 7) is 5.05. The number of nitrogens with zero attached hydrogens (tertiary/aromatic N) is 2. The zero-order chi connectivity index (χ0) is 19.4. The lowest BCUT2D eigenvalue weighted by Crippen LogP contribution is -3.08. The van der Waals surface area contributed by atoms with Gasteiger partial charge in [-0.3, -0.25) is 4.79 Å².